The third kappa shape index (κ3) is 6.53. The molecule has 0 heterocycles. The van der Waals surface area contributed by atoms with Gasteiger partial charge in [-0.2, -0.15) is 0 Å². The van der Waals surface area contributed by atoms with Crippen LogP contribution in [0.2, 0.25) is 0 Å². The molecule has 134 valence electrons. The molecule has 0 aliphatic heterocycles. The van der Waals surface area contributed by atoms with E-state index in [1.807, 2.05) is 18.2 Å². The minimum Gasteiger partial charge on any atom is -0.385 e. The molecule has 0 saturated heterocycles. The number of fused-ring (bicyclic) bond motifs is 1. The summed E-state index contributed by atoms with van der Waals surface area (Å²) in [5.74, 6) is 0.233. The lowest BCUT2D eigenvalue weighted by atomic mass is 10.1. The Hall–Kier alpha value is -1.83. The zero-order valence-electron chi connectivity index (χ0n) is 14.5. The van der Waals surface area contributed by atoms with Gasteiger partial charge in [0, 0.05) is 32.2 Å². The van der Waals surface area contributed by atoms with E-state index in [9.17, 15) is 4.79 Å². The van der Waals surface area contributed by atoms with Crippen LogP contribution in [0.25, 0.3) is 10.8 Å². The van der Waals surface area contributed by atoms with Gasteiger partial charge in [-0.25, -0.2) is 0 Å². The van der Waals surface area contributed by atoms with Gasteiger partial charge in [0.1, 0.15) is 0 Å². The van der Waals surface area contributed by atoms with E-state index in [2.05, 4.69) is 35.0 Å². The molecule has 0 radical (unpaired) electrons. The second kappa shape index (κ2) is 10.2. The Morgan fingerprint density at radius 2 is 2.00 bits per heavy atom. The highest BCUT2D eigenvalue weighted by molar-refractivity contribution is 8.00. The number of ether oxygens (including phenoxy) is 1. The van der Waals surface area contributed by atoms with Crippen molar-refractivity contribution in [2.45, 2.75) is 11.3 Å². The molecule has 2 N–H and O–H groups in total. The summed E-state index contributed by atoms with van der Waals surface area (Å²) in [6, 6.07) is 14.4. The molecule has 0 saturated carbocycles. The summed E-state index contributed by atoms with van der Waals surface area (Å²) in [5.41, 5.74) is 2.77. The Bertz CT molecular complexity index is 724. The molecule has 0 fully saturated rings. The molecule has 1 amide bonds. The van der Waals surface area contributed by atoms with Gasteiger partial charge in [0.25, 0.3) is 0 Å². The van der Waals surface area contributed by atoms with E-state index in [0.29, 0.717) is 24.0 Å². The van der Waals surface area contributed by atoms with Gasteiger partial charge in [0.15, 0.2) is 5.11 Å². The molecule has 0 aliphatic carbocycles. The molecule has 5 nitrogen and oxygen atoms in total. The molecule has 2 aromatic carbocycles. The maximum atomic E-state index is 12.1. The van der Waals surface area contributed by atoms with Crippen molar-refractivity contribution in [3.63, 3.8) is 0 Å². The summed E-state index contributed by atoms with van der Waals surface area (Å²) >= 11 is 6.73. The molecule has 2 rings (SSSR count). The fourth-order valence-electron chi connectivity index (χ4n) is 2.21. The van der Waals surface area contributed by atoms with E-state index in [0.717, 1.165) is 11.3 Å². The van der Waals surface area contributed by atoms with Gasteiger partial charge in [-0.1, -0.05) is 30.3 Å². The molecule has 0 atom stereocenters. The van der Waals surface area contributed by atoms with Crippen LogP contribution in [0.1, 0.15) is 6.42 Å². The molecule has 7 heteroatoms. The number of hydrogen-bond acceptors (Lipinski definition) is 4. The standard InChI is InChI=1S/C18H23N3O2S2/c1-21(18(24)19-10-5-11-23-2)20-17(22)13-25-16-9-8-14-6-3-4-7-15(14)12-16/h3-4,6-9,12H,5,10-11,13H2,1-2H3,(H,19,24)(H,20,22). The second-order valence-electron chi connectivity index (χ2n) is 5.47. The topological polar surface area (TPSA) is 53.6 Å². The van der Waals surface area contributed by atoms with E-state index >= 15 is 0 Å². The number of carbonyl (C=O) groups is 1. The molecule has 0 bridgehead atoms. The van der Waals surface area contributed by atoms with E-state index in [-0.39, 0.29) is 5.91 Å². The molecule has 0 aromatic heterocycles. The Morgan fingerprint density at radius 1 is 1.24 bits per heavy atom. The van der Waals surface area contributed by atoms with Gasteiger partial charge in [-0.15, -0.1) is 11.8 Å². The molecule has 2 aromatic rings. The minimum atomic E-state index is -0.0956. The summed E-state index contributed by atoms with van der Waals surface area (Å²) < 4.78 is 4.98. The zero-order valence-corrected chi connectivity index (χ0v) is 16.1. The Balaban J connectivity index is 1.76. The molecular weight excluding hydrogens is 354 g/mol. The van der Waals surface area contributed by atoms with Gasteiger partial charge in [-0.05, 0) is 41.5 Å². The summed E-state index contributed by atoms with van der Waals surface area (Å²) in [6.07, 6.45) is 0.857. The number of hydrogen-bond donors (Lipinski definition) is 2. The quantitative estimate of drug-likeness (QED) is 0.335. The van der Waals surface area contributed by atoms with E-state index in [4.69, 9.17) is 17.0 Å². The Labute approximate surface area is 158 Å². The van der Waals surface area contributed by atoms with Gasteiger partial charge in [0.05, 0.1) is 5.75 Å². The number of methoxy groups -OCH3 is 1. The largest absolute Gasteiger partial charge is 0.385 e. The number of amides is 1. The molecule has 25 heavy (non-hydrogen) atoms. The molecular formula is C18H23N3O2S2. The van der Waals surface area contributed by atoms with Crippen LogP contribution in [0.5, 0.6) is 0 Å². The molecule has 0 unspecified atom stereocenters. The first kappa shape index (κ1) is 19.5. The van der Waals surface area contributed by atoms with Crippen LogP contribution in [0.15, 0.2) is 47.4 Å². The van der Waals surface area contributed by atoms with E-state index in [1.54, 1.807) is 14.2 Å². The first-order valence-corrected chi connectivity index (χ1v) is 9.41. The number of thioether (sulfide) groups is 1. The summed E-state index contributed by atoms with van der Waals surface area (Å²) in [6.45, 7) is 1.38. The highest BCUT2D eigenvalue weighted by Gasteiger charge is 2.09. The van der Waals surface area contributed by atoms with Gasteiger partial charge < -0.3 is 10.1 Å². The van der Waals surface area contributed by atoms with Crippen molar-refractivity contribution in [2.24, 2.45) is 0 Å². The van der Waals surface area contributed by atoms with Crippen LogP contribution in [0, 0.1) is 0 Å². The smallest absolute Gasteiger partial charge is 0.248 e. The Morgan fingerprint density at radius 3 is 2.76 bits per heavy atom. The maximum absolute atomic E-state index is 12.1. The van der Waals surface area contributed by atoms with Crippen LogP contribution in [0.3, 0.4) is 0 Å². The van der Waals surface area contributed by atoms with Gasteiger partial charge in [-0.3, -0.25) is 15.2 Å². The second-order valence-corrected chi connectivity index (χ2v) is 6.91. The summed E-state index contributed by atoms with van der Waals surface area (Å²) in [5, 5.41) is 7.46. The van der Waals surface area contributed by atoms with Crippen LogP contribution in [-0.4, -0.2) is 49.1 Å². The van der Waals surface area contributed by atoms with Crippen LogP contribution < -0.4 is 10.7 Å². The average molecular weight is 378 g/mol. The number of nitrogens with zero attached hydrogens (tertiary/aromatic N) is 1. The lowest BCUT2D eigenvalue weighted by Crippen LogP contribution is -2.48. The zero-order chi connectivity index (χ0) is 18.1. The predicted octanol–water partition coefficient (Wildman–Crippen LogP) is 2.81. The first-order chi connectivity index (χ1) is 12.1. The van der Waals surface area contributed by atoms with Crippen molar-refractivity contribution in [3.05, 3.63) is 42.5 Å². The van der Waals surface area contributed by atoms with Crippen LogP contribution >= 0.6 is 24.0 Å². The van der Waals surface area contributed by atoms with Crippen LogP contribution in [-0.2, 0) is 9.53 Å². The predicted molar refractivity (Wildman–Crippen MR) is 108 cm³/mol. The normalized spacial score (nSPS) is 10.5. The highest BCUT2D eigenvalue weighted by Crippen LogP contribution is 2.23. The van der Waals surface area contributed by atoms with E-state index in [1.165, 1.54) is 27.5 Å². The number of nitrogens with one attached hydrogen (secondary N) is 2. The number of carbonyl (C=O) groups excluding carboxylic acids is 1. The maximum Gasteiger partial charge on any atom is 0.248 e. The number of benzene rings is 2. The molecule has 0 aliphatic rings. The SMILES string of the molecule is COCCCNC(=S)N(C)NC(=O)CSc1ccc2ccccc2c1. The minimum absolute atomic E-state index is 0.0956. The fraction of sp³-hybridized carbons (Fsp3) is 0.333. The third-order valence-electron chi connectivity index (χ3n) is 3.49. The molecule has 0 spiro atoms. The third-order valence-corrected chi connectivity index (χ3v) is 4.90. The number of rotatable bonds is 7. The fourth-order valence-corrected chi connectivity index (χ4v) is 3.09. The van der Waals surface area contributed by atoms with Crippen molar-refractivity contribution in [3.8, 4) is 0 Å². The van der Waals surface area contributed by atoms with Crippen molar-refractivity contribution in [1.29, 1.82) is 0 Å². The van der Waals surface area contributed by atoms with Gasteiger partial charge >= 0.3 is 0 Å². The monoisotopic (exact) mass is 377 g/mol. The lowest BCUT2D eigenvalue weighted by Gasteiger charge is -2.21. The average Bonchev–Trinajstić information content (AvgIpc) is 2.63. The highest BCUT2D eigenvalue weighted by atomic mass is 32.2. The van der Waals surface area contributed by atoms with Crippen molar-refractivity contribution in [1.82, 2.24) is 15.8 Å². The lowest BCUT2D eigenvalue weighted by molar-refractivity contribution is -0.121. The van der Waals surface area contributed by atoms with E-state index < -0.39 is 0 Å². The van der Waals surface area contributed by atoms with Crippen molar-refractivity contribution in [2.75, 3.05) is 33.1 Å². The van der Waals surface area contributed by atoms with Crippen molar-refractivity contribution >= 4 is 45.8 Å². The number of thiocarbonyl (C=S) groups is 1. The summed E-state index contributed by atoms with van der Waals surface area (Å²) in [4.78, 5) is 13.2. The van der Waals surface area contributed by atoms with Crippen molar-refractivity contribution < 1.29 is 9.53 Å². The Kier molecular flexibility index (Phi) is 7.97. The first-order valence-electron chi connectivity index (χ1n) is 8.01. The van der Waals surface area contributed by atoms with Crippen LogP contribution in [0.4, 0.5) is 0 Å². The van der Waals surface area contributed by atoms with Gasteiger partial charge in [0.2, 0.25) is 5.91 Å². The number of hydrazine groups is 1. The summed E-state index contributed by atoms with van der Waals surface area (Å²) in [7, 11) is 3.39.